The quantitative estimate of drug-likeness (QED) is 0.155. The Kier molecular flexibility index (Phi) is 11.2. The van der Waals surface area contributed by atoms with E-state index in [1.807, 2.05) is 12.1 Å². The van der Waals surface area contributed by atoms with Crippen LogP contribution in [0.4, 0.5) is 35.1 Å². The zero-order valence-electron chi connectivity index (χ0n) is 47.8. The van der Waals surface area contributed by atoms with Crippen molar-refractivity contribution in [3.8, 4) is 44.5 Å². The summed E-state index contributed by atoms with van der Waals surface area (Å²) in [6, 6.07) is 41.9. The first kappa shape index (κ1) is 53.3. The van der Waals surface area contributed by atoms with Crippen LogP contribution >= 0.6 is 0 Å². The van der Waals surface area contributed by atoms with E-state index in [9.17, 15) is 0 Å². The van der Waals surface area contributed by atoms with Crippen molar-refractivity contribution in [2.24, 2.45) is 0 Å². The molecule has 4 aromatic heterocycles. The molecule has 414 valence electrons. The van der Waals surface area contributed by atoms with Gasteiger partial charge in [0, 0.05) is 65.3 Å². The van der Waals surface area contributed by atoms with Gasteiger partial charge in [-0.1, -0.05) is 192 Å². The maximum absolute atomic E-state index is 16.3. The predicted octanol–water partition coefficient (Wildman–Crippen LogP) is 22.2. The summed E-state index contributed by atoms with van der Waals surface area (Å²) in [4.78, 5) is 0. The summed E-state index contributed by atoms with van der Waals surface area (Å²) in [6.45, 7) is 26.1. The van der Waals surface area contributed by atoms with Crippen LogP contribution in [0.25, 0.3) is 121 Å². The average Bonchev–Trinajstić information content (AvgIpc) is 1.52. The predicted molar refractivity (Wildman–Crippen MR) is 322 cm³/mol. The van der Waals surface area contributed by atoms with Crippen molar-refractivity contribution in [3.63, 3.8) is 0 Å². The molecule has 0 radical (unpaired) electrons. The molecule has 10 heteroatoms. The van der Waals surface area contributed by atoms with E-state index in [4.69, 9.17) is 0 Å². The Morgan fingerprint density at radius 1 is 0.305 bits per heavy atom. The molecule has 0 atom stereocenters. The number of fused-ring (bicyclic) bond motifs is 14. The van der Waals surface area contributed by atoms with Crippen LogP contribution in [0.3, 0.4) is 0 Å². The van der Waals surface area contributed by atoms with E-state index in [0.29, 0.717) is 21.8 Å². The molecule has 13 rings (SSSR count). The van der Waals surface area contributed by atoms with E-state index in [0.717, 1.165) is 135 Å². The van der Waals surface area contributed by atoms with Gasteiger partial charge >= 0.3 is 12.4 Å². The van der Waals surface area contributed by atoms with E-state index < -0.39 is 46.2 Å². The molecule has 82 heavy (non-hydrogen) atoms. The summed E-state index contributed by atoms with van der Waals surface area (Å²) in [5.74, 6) is -2.01. The Balaban J connectivity index is 1.29. The third kappa shape index (κ3) is 7.93. The summed E-state index contributed by atoms with van der Waals surface area (Å²) in [6.07, 6.45) is -9.73. The molecule has 0 saturated heterocycles. The zero-order chi connectivity index (χ0) is 58.4. The lowest BCUT2D eigenvalue weighted by Gasteiger charge is -2.26. The molecule has 0 unspecified atom stereocenters. The lowest BCUT2D eigenvalue weighted by Crippen LogP contribution is -2.16. The first-order valence-electron chi connectivity index (χ1n) is 27.8. The molecule has 0 aliphatic rings. The van der Waals surface area contributed by atoms with Gasteiger partial charge in [0.1, 0.15) is 11.6 Å². The second-order valence-corrected chi connectivity index (χ2v) is 26.7. The van der Waals surface area contributed by atoms with Crippen molar-refractivity contribution in [2.45, 2.75) is 117 Å². The number of nitrogens with zero attached hydrogens (tertiary/aromatic N) is 2. The monoisotopic (exact) mass is 1100 g/mol. The van der Waals surface area contributed by atoms with E-state index in [2.05, 4.69) is 153 Å². The van der Waals surface area contributed by atoms with Gasteiger partial charge in [0.2, 0.25) is 0 Å². The van der Waals surface area contributed by atoms with Gasteiger partial charge in [0.15, 0.2) is 0 Å². The van der Waals surface area contributed by atoms with Gasteiger partial charge in [-0.3, -0.25) is 0 Å². The number of para-hydroxylation sites is 2. The maximum Gasteiger partial charge on any atom is 0.417 e. The SMILES string of the molecule is CC(C)(C)c1cc(-c2cccc3c4c5c6ccc(-c7c(F)cccc7C(F)(F)F)cc6n6c7c(-c8cc(C(C)(C)C)cc(C(C)(C)C)c8)cccc7c(c7c8ccc(-c9c(F)cccc9C(F)(F)F)cc8n(c23)c74)c56)cc(C(C)(C)C)c1. The summed E-state index contributed by atoms with van der Waals surface area (Å²) in [5, 5.41) is 6.35. The van der Waals surface area contributed by atoms with Gasteiger partial charge in [-0.05, 0) is 103 Å². The topological polar surface area (TPSA) is 8.82 Å². The van der Waals surface area contributed by atoms with Gasteiger partial charge in [0.05, 0.1) is 44.2 Å². The number of alkyl halides is 6. The summed E-state index contributed by atoms with van der Waals surface area (Å²) < 4.78 is 127. The van der Waals surface area contributed by atoms with E-state index in [1.165, 1.54) is 0 Å². The molecule has 0 aliphatic heterocycles. The smallest absolute Gasteiger partial charge is 0.307 e. The van der Waals surface area contributed by atoms with Gasteiger partial charge in [-0.2, -0.15) is 26.3 Å². The molecule has 0 bridgehead atoms. The molecule has 0 amide bonds. The summed E-state index contributed by atoms with van der Waals surface area (Å²) >= 11 is 0. The number of hydrogen-bond acceptors (Lipinski definition) is 0. The summed E-state index contributed by atoms with van der Waals surface area (Å²) in [7, 11) is 0. The molecule has 9 aromatic carbocycles. The van der Waals surface area contributed by atoms with Crippen molar-refractivity contribution in [1.29, 1.82) is 0 Å². The lowest BCUT2D eigenvalue weighted by molar-refractivity contribution is -0.138. The molecule has 13 aromatic rings. The average molecular weight is 1110 g/mol. The highest BCUT2D eigenvalue weighted by Gasteiger charge is 2.38. The van der Waals surface area contributed by atoms with Crippen LogP contribution in [0, 0.1) is 11.6 Å². The minimum absolute atomic E-state index is 0.0557. The standard InChI is InChI=1S/C72H60F8N2/c1-67(2,3)41-29-39(30-42(35-41)68(4,5)6)45-17-13-19-49-61-59-48-28-26-38(58-52(72(78,79)80)22-16-24-54(58)74)34-56(48)82-64-46(40-31-43(69(7,8)9)36-44(32-40)70(10,11)12)18-14-20-50(64)62(66(59)82)60-47-27-25-37(33-55(47)81(63(45)49)65(60)61)57-51(71(75,76)77)21-15-23-53(57)73/h13-36H,1-12H3. The first-order valence-corrected chi connectivity index (χ1v) is 27.8. The molecule has 0 spiro atoms. The molecule has 4 heterocycles. The maximum atomic E-state index is 16.3. The molecule has 0 aliphatic carbocycles. The minimum atomic E-state index is -4.87. The molecular formula is C72H60F8N2. The zero-order valence-corrected chi connectivity index (χ0v) is 47.8. The molecule has 0 N–H and O–H groups in total. The van der Waals surface area contributed by atoms with Crippen molar-refractivity contribution in [1.82, 2.24) is 8.80 Å². The fourth-order valence-corrected chi connectivity index (χ4v) is 12.9. The second kappa shape index (κ2) is 17.3. The van der Waals surface area contributed by atoms with E-state index >= 15 is 35.1 Å². The highest BCUT2D eigenvalue weighted by molar-refractivity contribution is 6.46. The van der Waals surface area contributed by atoms with Crippen LogP contribution in [-0.4, -0.2) is 8.80 Å². The van der Waals surface area contributed by atoms with Crippen LogP contribution in [0.2, 0.25) is 0 Å². The number of benzene rings is 9. The number of halogens is 8. The van der Waals surface area contributed by atoms with Crippen LogP contribution < -0.4 is 0 Å². The van der Waals surface area contributed by atoms with Crippen LogP contribution in [0.5, 0.6) is 0 Å². The van der Waals surface area contributed by atoms with Gasteiger partial charge in [-0.15, -0.1) is 0 Å². The van der Waals surface area contributed by atoms with Crippen LogP contribution in [0.15, 0.2) is 146 Å². The summed E-state index contributed by atoms with van der Waals surface area (Å²) in [5.41, 5.74) is 8.12. The largest absolute Gasteiger partial charge is 0.417 e. The third-order valence-corrected chi connectivity index (χ3v) is 17.1. The van der Waals surface area contributed by atoms with Crippen LogP contribution in [0.1, 0.15) is 116 Å². The van der Waals surface area contributed by atoms with Gasteiger partial charge < -0.3 is 8.80 Å². The van der Waals surface area contributed by atoms with Crippen LogP contribution in [-0.2, 0) is 34.0 Å². The number of rotatable bonds is 4. The van der Waals surface area contributed by atoms with E-state index in [1.54, 1.807) is 36.4 Å². The van der Waals surface area contributed by atoms with Crippen molar-refractivity contribution in [3.05, 3.63) is 191 Å². The fourth-order valence-electron chi connectivity index (χ4n) is 12.9. The highest BCUT2D eigenvalue weighted by Crippen LogP contribution is 2.56. The van der Waals surface area contributed by atoms with Gasteiger partial charge in [0.25, 0.3) is 0 Å². The number of aromatic nitrogens is 2. The Hall–Kier alpha value is -7.98. The van der Waals surface area contributed by atoms with E-state index in [-0.39, 0.29) is 32.8 Å². The normalized spacial score (nSPS) is 13.6. The third-order valence-electron chi connectivity index (χ3n) is 17.1. The number of hydrogen-bond donors (Lipinski definition) is 0. The van der Waals surface area contributed by atoms with Crippen molar-refractivity contribution in [2.75, 3.05) is 0 Å². The minimum Gasteiger partial charge on any atom is -0.307 e. The molecule has 0 saturated carbocycles. The molecule has 0 fully saturated rings. The lowest BCUT2D eigenvalue weighted by atomic mass is 9.78. The Bertz CT molecular complexity index is 4450. The Morgan fingerprint density at radius 3 is 0.939 bits per heavy atom. The fraction of sp³-hybridized carbons (Fsp3) is 0.250. The second-order valence-electron chi connectivity index (χ2n) is 26.7. The highest BCUT2D eigenvalue weighted by atomic mass is 19.4. The Labute approximate surface area is 470 Å². The first-order chi connectivity index (χ1) is 38.3. The van der Waals surface area contributed by atoms with Crippen molar-refractivity contribution >= 4 is 76.2 Å². The molecular weight excluding hydrogens is 1040 g/mol. The van der Waals surface area contributed by atoms with Gasteiger partial charge in [-0.25, -0.2) is 8.78 Å². The van der Waals surface area contributed by atoms with Crippen molar-refractivity contribution < 1.29 is 35.1 Å². The molecule has 2 nitrogen and oxygen atoms in total. The Morgan fingerprint density at radius 2 is 0.622 bits per heavy atom.